The number of anilines is 1. The Kier molecular flexibility index (Phi) is 4.00. The number of rotatable bonds is 4. The minimum absolute atomic E-state index is 0.250. The van der Waals surface area contributed by atoms with Crippen LogP contribution in [-0.4, -0.2) is 24.1 Å². The molecule has 0 atom stereocenters. The van der Waals surface area contributed by atoms with Gasteiger partial charge >= 0.3 is 0 Å². The van der Waals surface area contributed by atoms with Gasteiger partial charge in [0.2, 0.25) is 0 Å². The molecule has 110 valence electrons. The molecule has 0 aromatic carbocycles. The quantitative estimate of drug-likeness (QED) is 0.901. The van der Waals surface area contributed by atoms with Crippen LogP contribution in [0.3, 0.4) is 0 Å². The summed E-state index contributed by atoms with van der Waals surface area (Å²) in [5.41, 5.74) is 0.916. The van der Waals surface area contributed by atoms with Crippen LogP contribution in [-0.2, 0) is 10.3 Å². The van der Waals surface area contributed by atoms with Crippen LogP contribution in [0.4, 0.5) is 5.82 Å². The first kappa shape index (κ1) is 14.3. The molecule has 3 rings (SSSR count). The van der Waals surface area contributed by atoms with Gasteiger partial charge < -0.3 is 10.1 Å². The Labute approximate surface area is 128 Å². The Morgan fingerprint density at radius 1 is 1.20 bits per heavy atom. The molecule has 1 N–H and O–H groups in total. The SMILES string of the molecule is CNc1nc(C2(OC)CCC2)nc(C2CCCC2)c1Br. The number of nitrogens with zero attached hydrogens (tertiary/aromatic N) is 2. The second kappa shape index (κ2) is 5.60. The molecule has 0 radical (unpaired) electrons. The van der Waals surface area contributed by atoms with Crippen LogP contribution in [0.15, 0.2) is 4.47 Å². The lowest BCUT2D eigenvalue weighted by molar-refractivity contribution is -0.0847. The molecule has 1 heterocycles. The topological polar surface area (TPSA) is 47.0 Å². The fraction of sp³-hybridized carbons (Fsp3) is 0.733. The lowest BCUT2D eigenvalue weighted by Gasteiger charge is -2.39. The number of nitrogens with one attached hydrogen (secondary N) is 1. The third-order valence-electron chi connectivity index (χ3n) is 4.82. The predicted molar refractivity (Wildman–Crippen MR) is 83.0 cm³/mol. The highest BCUT2D eigenvalue weighted by Gasteiger charge is 2.42. The van der Waals surface area contributed by atoms with Gasteiger partial charge in [0.1, 0.15) is 11.4 Å². The molecule has 0 amide bonds. The van der Waals surface area contributed by atoms with Gasteiger partial charge in [0.15, 0.2) is 5.82 Å². The van der Waals surface area contributed by atoms with Crippen LogP contribution < -0.4 is 5.32 Å². The van der Waals surface area contributed by atoms with E-state index in [2.05, 4.69) is 21.2 Å². The molecule has 5 heteroatoms. The van der Waals surface area contributed by atoms with Crippen molar-refractivity contribution >= 4 is 21.7 Å². The van der Waals surface area contributed by atoms with Gasteiger partial charge in [-0.3, -0.25) is 0 Å². The van der Waals surface area contributed by atoms with Gasteiger partial charge in [-0.1, -0.05) is 12.8 Å². The molecule has 0 bridgehead atoms. The van der Waals surface area contributed by atoms with Crippen LogP contribution in [0.2, 0.25) is 0 Å². The maximum Gasteiger partial charge on any atom is 0.162 e. The molecule has 0 spiro atoms. The van der Waals surface area contributed by atoms with Crippen LogP contribution in [0, 0.1) is 0 Å². The zero-order chi connectivity index (χ0) is 14.2. The molecular formula is C15H22BrN3O. The van der Waals surface area contributed by atoms with Gasteiger partial charge in [-0.05, 0) is 48.0 Å². The molecule has 0 saturated heterocycles. The van der Waals surface area contributed by atoms with E-state index in [0.717, 1.165) is 29.0 Å². The van der Waals surface area contributed by atoms with Crippen LogP contribution in [0.5, 0.6) is 0 Å². The van der Waals surface area contributed by atoms with Crippen LogP contribution in [0.1, 0.15) is 62.4 Å². The molecule has 2 fully saturated rings. The van der Waals surface area contributed by atoms with Crippen molar-refractivity contribution < 1.29 is 4.74 Å². The molecule has 20 heavy (non-hydrogen) atoms. The van der Waals surface area contributed by atoms with Crippen molar-refractivity contribution in [3.05, 3.63) is 16.0 Å². The summed E-state index contributed by atoms with van der Waals surface area (Å²) in [7, 11) is 3.69. The third-order valence-corrected chi connectivity index (χ3v) is 5.60. The number of hydrogen-bond donors (Lipinski definition) is 1. The highest BCUT2D eigenvalue weighted by atomic mass is 79.9. The number of ether oxygens (including phenoxy) is 1. The number of aromatic nitrogens is 2. The van der Waals surface area contributed by atoms with Crippen molar-refractivity contribution in [3.8, 4) is 0 Å². The molecular weight excluding hydrogens is 318 g/mol. The lowest BCUT2D eigenvalue weighted by Crippen LogP contribution is -2.38. The van der Waals surface area contributed by atoms with E-state index >= 15 is 0 Å². The molecule has 2 aliphatic rings. The van der Waals surface area contributed by atoms with Crippen molar-refractivity contribution in [2.24, 2.45) is 0 Å². The largest absolute Gasteiger partial charge is 0.372 e. The van der Waals surface area contributed by atoms with E-state index in [4.69, 9.17) is 14.7 Å². The zero-order valence-corrected chi connectivity index (χ0v) is 13.8. The van der Waals surface area contributed by atoms with E-state index in [1.54, 1.807) is 7.11 Å². The summed E-state index contributed by atoms with van der Waals surface area (Å²) in [6.07, 6.45) is 8.33. The van der Waals surface area contributed by atoms with Crippen LogP contribution in [0.25, 0.3) is 0 Å². The first-order valence-electron chi connectivity index (χ1n) is 7.51. The fourth-order valence-electron chi connectivity index (χ4n) is 3.32. The number of hydrogen-bond acceptors (Lipinski definition) is 4. The van der Waals surface area contributed by atoms with Gasteiger partial charge in [-0.15, -0.1) is 0 Å². The monoisotopic (exact) mass is 339 g/mol. The summed E-state index contributed by atoms with van der Waals surface area (Å²) >= 11 is 3.69. The van der Waals surface area contributed by atoms with Gasteiger partial charge in [0.05, 0.1) is 10.2 Å². The average Bonchev–Trinajstić information content (AvgIpc) is 2.93. The first-order chi connectivity index (χ1) is 9.70. The van der Waals surface area contributed by atoms with E-state index in [1.807, 2.05) is 7.05 Å². The van der Waals surface area contributed by atoms with Gasteiger partial charge in [-0.25, -0.2) is 9.97 Å². The van der Waals surface area contributed by atoms with Crippen molar-refractivity contribution in [1.29, 1.82) is 0 Å². The summed E-state index contributed by atoms with van der Waals surface area (Å²) in [5.74, 6) is 2.31. The molecule has 0 aliphatic heterocycles. The molecule has 1 aromatic rings. The van der Waals surface area contributed by atoms with Crippen molar-refractivity contribution in [2.75, 3.05) is 19.5 Å². The summed E-state index contributed by atoms with van der Waals surface area (Å²) < 4.78 is 6.78. The zero-order valence-electron chi connectivity index (χ0n) is 12.2. The highest BCUT2D eigenvalue weighted by Crippen LogP contribution is 2.45. The Morgan fingerprint density at radius 3 is 2.40 bits per heavy atom. The summed E-state index contributed by atoms with van der Waals surface area (Å²) in [4.78, 5) is 9.60. The maximum absolute atomic E-state index is 5.75. The smallest absolute Gasteiger partial charge is 0.162 e. The van der Waals surface area contributed by atoms with E-state index in [1.165, 1.54) is 37.8 Å². The van der Waals surface area contributed by atoms with E-state index in [0.29, 0.717) is 5.92 Å². The molecule has 2 aliphatic carbocycles. The second-order valence-corrected chi connectivity index (χ2v) is 6.67. The molecule has 4 nitrogen and oxygen atoms in total. The Bertz CT molecular complexity index is 491. The molecule has 1 aromatic heterocycles. The number of halogens is 1. The Balaban J connectivity index is 2.04. The number of methoxy groups -OCH3 is 1. The summed E-state index contributed by atoms with van der Waals surface area (Å²) in [6, 6.07) is 0. The first-order valence-corrected chi connectivity index (χ1v) is 8.30. The summed E-state index contributed by atoms with van der Waals surface area (Å²) in [6.45, 7) is 0. The lowest BCUT2D eigenvalue weighted by atomic mass is 9.79. The third kappa shape index (κ3) is 2.25. The van der Waals surface area contributed by atoms with E-state index < -0.39 is 0 Å². The maximum atomic E-state index is 5.75. The van der Waals surface area contributed by atoms with Gasteiger partial charge in [-0.2, -0.15) is 0 Å². The normalized spacial score (nSPS) is 21.8. The minimum atomic E-state index is -0.250. The standard InChI is InChI=1S/C15H22BrN3O/c1-17-13-11(16)12(10-6-3-4-7-10)18-14(19-13)15(20-2)8-5-9-15/h10H,3-9H2,1-2H3,(H,17,18,19). The molecule has 0 unspecified atom stereocenters. The van der Waals surface area contributed by atoms with Crippen molar-refractivity contribution in [2.45, 2.75) is 56.5 Å². The molecule has 2 saturated carbocycles. The van der Waals surface area contributed by atoms with Crippen LogP contribution >= 0.6 is 15.9 Å². The Hall–Kier alpha value is -0.680. The van der Waals surface area contributed by atoms with Gasteiger partial charge in [0, 0.05) is 20.1 Å². The second-order valence-electron chi connectivity index (χ2n) is 5.88. The van der Waals surface area contributed by atoms with E-state index in [9.17, 15) is 0 Å². The van der Waals surface area contributed by atoms with Crippen molar-refractivity contribution in [1.82, 2.24) is 9.97 Å². The Morgan fingerprint density at radius 2 is 1.90 bits per heavy atom. The van der Waals surface area contributed by atoms with E-state index in [-0.39, 0.29) is 5.60 Å². The average molecular weight is 340 g/mol. The van der Waals surface area contributed by atoms with Crippen molar-refractivity contribution in [3.63, 3.8) is 0 Å². The highest BCUT2D eigenvalue weighted by molar-refractivity contribution is 9.10. The predicted octanol–water partition coefficient (Wildman–Crippen LogP) is 3.96. The van der Waals surface area contributed by atoms with Gasteiger partial charge in [0.25, 0.3) is 0 Å². The minimum Gasteiger partial charge on any atom is -0.372 e. The fourth-order valence-corrected chi connectivity index (χ4v) is 4.02. The summed E-state index contributed by atoms with van der Waals surface area (Å²) in [5, 5.41) is 3.19.